The lowest BCUT2D eigenvalue weighted by Crippen LogP contribution is -2.39. The van der Waals surface area contributed by atoms with E-state index in [-0.39, 0.29) is 23.4 Å². The number of amides is 3. The minimum atomic E-state index is -1.19. The van der Waals surface area contributed by atoms with E-state index < -0.39 is 30.4 Å². The van der Waals surface area contributed by atoms with Gasteiger partial charge in [0.25, 0.3) is 11.8 Å². The highest BCUT2D eigenvalue weighted by Crippen LogP contribution is 2.37. The molecule has 0 aliphatic heterocycles. The number of primary amides is 2. The minimum Gasteiger partial charge on any atom is -0.394 e. The molecule has 0 aliphatic carbocycles. The maximum atomic E-state index is 12.0. The highest BCUT2D eigenvalue weighted by atomic mass is 127. The van der Waals surface area contributed by atoms with Gasteiger partial charge in [-0.2, -0.15) is 0 Å². The number of rotatable bonds is 6. The second-order valence-corrected chi connectivity index (χ2v) is 7.97. The Morgan fingerprint density at radius 3 is 1.75 bits per heavy atom. The first kappa shape index (κ1) is 21.8. The normalized spacial score (nSPS) is 11.9. The highest BCUT2D eigenvalue weighted by Gasteiger charge is 2.30. The number of nitrogens with two attached hydrogens (primary N) is 2. The van der Waals surface area contributed by atoms with Crippen LogP contribution in [0, 0.1) is 10.7 Å². The Kier molecular flexibility index (Phi) is 8.08. The third kappa shape index (κ3) is 4.47. The standard InChI is InChI=1S/C13H14I3N3O5/c1-4(21)19(2-5(22)3-20)11-9(15)6(12(17)23)8(14)7(10(11)16)13(18)24/h5,20,22H,2-3H2,1H3,(H2,17,23)(H2,18,24). The molecule has 8 nitrogen and oxygen atoms in total. The van der Waals surface area contributed by atoms with Crippen molar-refractivity contribution in [3.63, 3.8) is 0 Å². The number of hydrogen-bond donors (Lipinski definition) is 4. The smallest absolute Gasteiger partial charge is 0.250 e. The Labute approximate surface area is 178 Å². The first-order chi connectivity index (χ1) is 11.0. The van der Waals surface area contributed by atoms with E-state index >= 15 is 0 Å². The Morgan fingerprint density at radius 1 is 1.04 bits per heavy atom. The summed E-state index contributed by atoms with van der Waals surface area (Å²) >= 11 is 5.52. The number of hydrogen-bond acceptors (Lipinski definition) is 5. The Balaban J connectivity index is 3.81. The molecular weight excluding hydrogens is 659 g/mol. The second kappa shape index (κ2) is 8.91. The van der Waals surface area contributed by atoms with Crippen LogP contribution >= 0.6 is 67.8 Å². The Hall–Kier alpha value is -0.260. The quantitative estimate of drug-likeness (QED) is 0.324. The summed E-state index contributed by atoms with van der Waals surface area (Å²) in [6, 6.07) is 0. The first-order valence-electron chi connectivity index (χ1n) is 6.41. The zero-order valence-corrected chi connectivity index (χ0v) is 18.8. The summed E-state index contributed by atoms with van der Waals surface area (Å²) < 4.78 is 1.02. The minimum absolute atomic E-state index is 0.0742. The van der Waals surface area contributed by atoms with Crippen molar-refractivity contribution in [2.75, 3.05) is 18.1 Å². The predicted molar refractivity (Wildman–Crippen MR) is 113 cm³/mol. The molecule has 0 saturated carbocycles. The molecule has 0 radical (unpaired) electrons. The van der Waals surface area contributed by atoms with Crippen molar-refractivity contribution in [3.05, 3.63) is 21.8 Å². The van der Waals surface area contributed by atoms with Gasteiger partial charge in [-0.05, 0) is 67.8 Å². The fraction of sp³-hybridized carbons (Fsp3) is 0.308. The molecule has 0 fully saturated rings. The van der Waals surface area contributed by atoms with Gasteiger partial charge in [-0.25, -0.2) is 0 Å². The molecule has 24 heavy (non-hydrogen) atoms. The lowest BCUT2D eigenvalue weighted by Gasteiger charge is -2.28. The summed E-state index contributed by atoms with van der Waals surface area (Å²) in [6.07, 6.45) is -1.19. The number of benzene rings is 1. The van der Waals surface area contributed by atoms with Crippen LogP contribution in [-0.4, -0.2) is 47.2 Å². The van der Waals surface area contributed by atoms with Crippen molar-refractivity contribution in [1.29, 1.82) is 0 Å². The number of halogens is 3. The molecule has 0 spiro atoms. The van der Waals surface area contributed by atoms with Crippen LogP contribution in [0.2, 0.25) is 0 Å². The first-order valence-corrected chi connectivity index (χ1v) is 9.65. The summed E-state index contributed by atoms with van der Waals surface area (Å²) in [5.41, 5.74) is 11.2. The molecule has 1 atom stereocenters. The number of carbonyl (C=O) groups excluding carboxylic acids is 3. The second-order valence-electron chi connectivity index (χ2n) is 4.74. The van der Waals surface area contributed by atoms with E-state index in [1.165, 1.54) is 11.8 Å². The monoisotopic (exact) mass is 673 g/mol. The average molecular weight is 673 g/mol. The molecule has 132 valence electrons. The van der Waals surface area contributed by atoms with Crippen LogP contribution in [-0.2, 0) is 4.79 Å². The lowest BCUT2D eigenvalue weighted by molar-refractivity contribution is -0.117. The van der Waals surface area contributed by atoms with Gasteiger partial charge in [0.2, 0.25) is 5.91 Å². The zero-order valence-electron chi connectivity index (χ0n) is 12.3. The van der Waals surface area contributed by atoms with Gasteiger partial charge in [-0.1, -0.05) is 0 Å². The van der Waals surface area contributed by atoms with Crippen molar-refractivity contribution in [3.8, 4) is 0 Å². The molecule has 0 heterocycles. The molecule has 0 aliphatic rings. The van der Waals surface area contributed by atoms with E-state index in [2.05, 4.69) is 0 Å². The van der Waals surface area contributed by atoms with Gasteiger partial charge >= 0.3 is 0 Å². The van der Waals surface area contributed by atoms with Gasteiger partial charge in [-0.15, -0.1) is 0 Å². The van der Waals surface area contributed by atoms with E-state index in [1.807, 2.05) is 67.8 Å². The molecule has 6 N–H and O–H groups in total. The van der Waals surface area contributed by atoms with E-state index in [1.54, 1.807) is 0 Å². The summed E-state index contributed by atoms with van der Waals surface area (Å²) in [7, 11) is 0. The van der Waals surface area contributed by atoms with Gasteiger partial charge in [0.05, 0.1) is 43.2 Å². The fourth-order valence-corrected chi connectivity index (χ4v) is 6.78. The van der Waals surface area contributed by atoms with Crippen LogP contribution in [0.5, 0.6) is 0 Å². The van der Waals surface area contributed by atoms with Gasteiger partial charge < -0.3 is 26.6 Å². The molecule has 11 heteroatoms. The average Bonchev–Trinajstić information content (AvgIpc) is 2.44. The summed E-state index contributed by atoms with van der Waals surface area (Å²) in [5, 5.41) is 18.7. The van der Waals surface area contributed by atoms with Crippen LogP contribution in [0.1, 0.15) is 27.6 Å². The number of nitrogens with zero attached hydrogens (tertiary/aromatic N) is 1. The largest absolute Gasteiger partial charge is 0.394 e. The molecule has 1 aromatic rings. The summed E-state index contributed by atoms with van der Waals surface area (Å²) in [4.78, 5) is 36.9. The van der Waals surface area contributed by atoms with Crippen molar-refractivity contribution in [2.45, 2.75) is 13.0 Å². The molecule has 0 saturated heterocycles. The molecule has 1 rings (SSSR count). The van der Waals surface area contributed by atoms with Gasteiger partial charge in [-0.3, -0.25) is 14.4 Å². The van der Waals surface area contributed by atoms with E-state index in [9.17, 15) is 19.5 Å². The van der Waals surface area contributed by atoms with Crippen molar-refractivity contribution >= 4 is 91.2 Å². The van der Waals surface area contributed by atoms with Crippen LogP contribution < -0.4 is 16.4 Å². The van der Waals surface area contributed by atoms with Gasteiger partial charge in [0, 0.05) is 10.5 Å². The van der Waals surface area contributed by atoms with Gasteiger partial charge in [0.15, 0.2) is 0 Å². The van der Waals surface area contributed by atoms with Crippen molar-refractivity contribution < 1.29 is 24.6 Å². The molecule has 1 aromatic carbocycles. The number of aliphatic hydroxyl groups excluding tert-OH is 2. The molecule has 0 bridgehead atoms. The van der Waals surface area contributed by atoms with Gasteiger partial charge in [0.1, 0.15) is 0 Å². The Bertz CT molecular complexity index is 670. The lowest BCUT2D eigenvalue weighted by atomic mass is 10.1. The third-order valence-corrected chi connectivity index (χ3v) is 6.22. The maximum Gasteiger partial charge on any atom is 0.250 e. The van der Waals surface area contributed by atoms with E-state index in [4.69, 9.17) is 16.6 Å². The third-order valence-electron chi connectivity index (χ3n) is 3.04. The molecule has 0 aromatic heterocycles. The topological polar surface area (TPSA) is 147 Å². The van der Waals surface area contributed by atoms with Crippen LogP contribution in [0.25, 0.3) is 0 Å². The molecule has 3 amide bonds. The summed E-state index contributed by atoms with van der Waals surface area (Å²) in [6.45, 7) is 0.504. The van der Waals surface area contributed by atoms with Crippen LogP contribution in [0.15, 0.2) is 0 Å². The fourth-order valence-electron chi connectivity index (χ4n) is 1.97. The molecule has 1 unspecified atom stereocenters. The summed E-state index contributed by atoms with van der Waals surface area (Å²) in [5.74, 6) is -1.98. The zero-order chi connectivity index (χ0) is 18.8. The van der Waals surface area contributed by atoms with Crippen molar-refractivity contribution in [2.24, 2.45) is 11.5 Å². The predicted octanol–water partition coefficient (Wildman–Crippen LogP) is 0.404. The number of anilines is 1. The maximum absolute atomic E-state index is 12.0. The highest BCUT2D eigenvalue weighted by molar-refractivity contribution is 14.1. The van der Waals surface area contributed by atoms with Crippen molar-refractivity contribution in [1.82, 2.24) is 0 Å². The van der Waals surface area contributed by atoms with E-state index in [0.29, 0.717) is 10.7 Å². The number of carbonyl (C=O) groups is 3. The number of aliphatic hydroxyl groups is 2. The molecular formula is C13H14I3N3O5. The SMILES string of the molecule is CC(=O)N(CC(O)CO)c1c(I)c(C(N)=O)c(I)c(C(N)=O)c1I. The Morgan fingerprint density at radius 2 is 1.46 bits per heavy atom. The van der Waals surface area contributed by atoms with Crippen LogP contribution in [0.4, 0.5) is 5.69 Å². The van der Waals surface area contributed by atoms with E-state index in [0.717, 1.165) is 0 Å². The van der Waals surface area contributed by atoms with Crippen LogP contribution in [0.3, 0.4) is 0 Å².